The number of thioether (sulfide) groups is 1. The van der Waals surface area contributed by atoms with Crippen molar-refractivity contribution in [3.63, 3.8) is 0 Å². The second kappa shape index (κ2) is 8.25. The molecule has 1 aromatic heterocycles. The van der Waals surface area contributed by atoms with Crippen LogP contribution >= 0.6 is 35.0 Å². The lowest BCUT2D eigenvalue weighted by Gasteiger charge is -2.15. The molecule has 1 amide bonds. The predicted molar refractivity (Wildman–Crippen MR) is 108 cm³/mol. The van der Waals surface area contributed by atoms with Crippen molar-refractivity contribution in [2.75, 3.05) is 5.75 Å². The lowest BCUT2D eigenvalue weighted by atomic mass is 10.1. The van der Waals surface area contributed by atoms with Crippen LogP contribution in [0.25, 0.3) is 10.9 Å². The summed E-state index contributed by atoms with van der Waals surface area (Å²) in [5, 5.41) is 5.70. The van der Waals surface area contributed by atoms with Crippen LogP contribution in [-0.4, -0.2) is 21.6 Å². The van der Waals surface area contributed by atoms with Gasteiger partial charge in [-0.2, -0.15) is 0 Å². The minimum atomic E-state index is -0.165. The van der Waals surface area contributed by atoms with Crippen molar-refractivity contribution >= 4 is 51.8 Å². The third-order valence-electron chi connectivity index (χ3n) is 3.84. The number of aromatic nitrogens is 2. The summed E-state index contributed by atoms with van der Waals surface area (Å²) >= 11 is 13.4. The number of nitrogens with zero attached hydrogens (tertiary/aromatic N) is 2. The van der Waals surface area contributed by atoms with Crippen LogP contribution in [0.2, 0.25) is 10.0 Å². The molecular formula is C19H17Cl2N3OS. The summed E-state index contributed by atoms with van der Waals surface area (Å²) < 4.78 is 0. The van der Waals surface area contributed by atoms with Crippen LogP contribution in [-0.2, 0) is 4.79 Å². The van der Waals surface area contributed by atoms with Gasteiger partial charge in [-0.1, -0.05) is 59.2 Å². The fourth-order valence-electron chi connectivity index (χ4n) is 2.55. The van der Waals surface area contributed by atoms with Crippen molar-refractivity contribution in [3.05, 3.63) is 63.9 Å². The largest absolute Gasteiger partial charge is 0.349 e. The maximum Gasteiger partial charge on any atom is 0.230 e. The second-order valence-electron chi connectivity index (χ2n) is 5.84. The second-order valence-corrected chi connectivity index (χ2v) is 7.62. The molecule has 0 bridgehead atoms. The highest BCUT2D eigenvalue weighted by atomic mass is 35.5. The Morgan fingerprint density at radius 1 is 1.15 bits per heavy atom. The van der Waals surface area contributed by atoms with Crippen molar-refractivity contribution in [1.82, 2.24) is 15.3 Å². The Balaban J connectivity index is 1.66. The number of halogens is 2. The third kappa shape index (κ3) is 4.47. The van der Waals surface area contributed by atoms with Crippen molar-refractivity contribution in [2.45, 2.75) is 24.9 Å². The predicted octanol–water partition coefficient (Wildman–Crippen LogP) is 5.21. The van der Waals surface area contributed by atoms with E-state index in [1.807, 2.05) is 44.2 Å². The minimum absolute atomic E-state index is 0.0751. The van der Waals surface area contributed by atoms with Gasteiger partial charge < -0.3 is 5.32 Å². The molecule has 0 fully saturated rings. The lowest BCUT2D eigenvalue weighted by Crippen LogP contribution is -2.28. The molecule has 0 saturated carbocycles. The van der Waals surface area contributed by atoms with E-state index in [-0.39, 0.29) is 17.7 Å². The molecule has 0 aliphatic heterocycles. The van der Waals surface area contributed by atoms with Gasteiger partial charge in [0.2, 0.25) is 5.91 Å². The van der Waals surface area contributed by atoms with Gasteiger partial charge >= 0.3 is 0 Å². The standard InChI is InChI=1S/C19H17Cl2N3OS/c1-11(13-7-8-15(20)16(21)9-13)22-18(25)10-26-19-14-5-3-4-6-17(14)23-12(2)24-19/h3-9,11H,10H2,1-2H3,(H,22,25)/t11-/m1/s1. The van der Waals surface area contributed by atoms with Crippen molar-refractivity contribution in [3.8, 4) is 0 Å². The molecule has 7 heteroatoms. The maximum absolute atomic E-state index is 12.3. The first-order valence-corrected chi connectivity index (χ1v) is 9.78. The molecule has 0 spiro atoms. The molecule has 134 valence electrons. The first-order chi connectivity index (χ1) is 12.4. The number of benzene rings is 2. The van der Waals surface area contributed by atoms with Gasteiger partial charge in [-0.15, -0.1) is 0 Å². The number of aryl methyl sites for hydroxylation is 1. The Morgan fingerprint density at radius 2 is 1.92 bits per heavy atom. The smallest absolute Gasteiger partial charge is 0.230 e. The number of hydrogen-bond donors (Lipinski definition) is 1. The Morgan fingerprint density at radius 3 is 2.69 bits per heavy atom. The molecule has 1 N–H and O–H groups in total. The van der Waals surface area contributed by atoms with E-state index in [2.05, 4.69) is 15.3 Å². The molecule has 2 aromatic carbocycles. The van der Waals surface area contributed by atoms with Crippen LogP contribution in [0.15, 0.2) is 47.5 Å². The van der Waals surface area contributed by atoms with E-state index in [0.717, 1.165) is 21.5 Å². The highest BCUT2D eigenvalue weighted by Crippen LogP contribution is 2.27. The van der Waals surface area contributed by atoms with Crippen LogP contribution in [0.3, 0.4) is 0 Å². The van der Waals surface area contributed by atoms with Crippen LogP contribution in [0.4, 0.5) is 0 Å². The van der Waals surface area contributed by atoms with Gasteiger partial charge in [-0.3, -0.25) is 4.79 Å². The van der Waals surface area contributed by atoms with Crippen LogP contribution in [0.5, 0.6) is 0 Å². The van der Waals surface area contributed by atoms with Gasteiger partial charge in [0.25, 0.3) is 0 Å². The first kappa shape index (κ1) is 19.0. The van der Waals surface area contributed by atoms with E-state index in [4.69, 9.17) is 23.2 Å². The van der Waals surface area contributed by atoms with Crippen LogP contribution < -0.4 is 5.32 Å². The maximum atomic E-state index is 12.3. The van der Waals surface area contributed by atoms with Crippen LogP contribution in [0, 0.1) is 6.92 Å². The van der Waals surface area contributed by atoms with Gasteiger partial charge in [-0.05, 0) is 37.6 Å². The number of carbonyl (C=O) groups excluding carboxylic acids is 1. The Bertz CT molecular complexity index is 965. The quantitative estimate of drug-likeness (QED) is 0.467. The fourth-order valence-corrected chi connectivity index (χ4v) is 3.73. The van der Waals surface area contributed by atoms with E-state index < -0.39 is 0 Å². The van der Waals surface area contributed by atoms with Crippen molar-refractivity contribution in [1.29, 1.82) is 0 Å². The summed E-state index contributed by atoms with van der Waals surface area (Å²) in [4.78, 5) is 21.2. The zero-order valence-electron chi connectivity index (χ0n) is 14.3. The zero-order chi connectivity index (χ0) is 18.7. The van der Waals surface area contributed by atoms with Crippen LogP contribution in [0.1, 0.15) is 24.4 Å². The molecule has 26 heavy (non-hydrogen) atoms. The topological polar surface area (TPSA) is 54.9 Å². The number of hydrogen-bond acceptors (Lipinski definition) is 4. The van der Waals surface area contributed by atoms with E-state index >= 15 is 0 Å². The number of para-hydroxylation sites is 1. The number of fused-ring (bicyclic) bond motifs is 1. The zero-order valence-corrected chi connectivity index (χ0v) is 16.6. The molecule has 0 radical (unpaired) electrons. The molecule has 0 aliphatic rings. The Hall–Kier alpha value is -1.82. The highest BCUT2D eigenvalue weighted by molar-refractivity contribution is 8.00. The minimum Gasteiger partial charge on any atom is -0.349 e. The Kier molecular flexibility index (Phi) is 6.01. The highest BCUT2D eigenvalue weighted by Gasteiger charge is 2.13. The fraction of sp³-hybridized carbons (Fsp3) is 0.211. The lowest BCUT2D eigenvalue weighted by molar-refractivity contribution is -0.119. The molecule has 0 aliphatic carbocycles. The van der Waals surface area contributed by atoms with E-state index in [1.54, 1.807) is 12.1 Å². The Labute approximate surface area is 166 Å². The molecule has 1 heterocycles. The van der Waals surface area contributed by atoms with E-state index in [0.29, 0.717) is 15.9 Å². The van der Waals surface area contributed by atoms with Gasteiger partial charge in [0.1, 0.15) is 10.9 Å². The molecule has 1 atom stereocenters. The molecule has 3 aromatic rings. The summed E-state index contributed by atoms with van der Waals surface area (Å²) in [5.74, 6) is 0.885. The number of nitrogens with one attached hydrogen (secondary N) is 1. The van der Waals surface area contributed by atoms with Gasteiger partial charge in [0.05, 0.1) is 27.4 Å². The molecule has 0 unspecified atom stereocenters. The third-order valence-corrected chi connectivity index (χ3v) is 5.57. The number of carbonyl (C=O) groups is 1. The van der Waals surface area contributed by atoms with Crippen molar-refractivity contribution < 1.29 is 4.79 Å². The van der Waals surface area contributed by atoms with Crippen molar-refractivity contribution in [2.24, 2.45) is 0 Å². The molecule has 4 nitrogen and oxygen atoms in total. The monoisotopic (exact) mass is 405 g/mol. The summed E-state index contributed by atoms with van der Waals surface area (Å²) in [6, 6.07) is 13.0. The molecule has 0 saturated heterocycles. The summed E-state index contributed by atoms with van der Waals surface area (Å²) in [7, 11) is 0. The van der Waals surface area contributed by atoms with Gasteiger partial charge in [-0.25, -0.2) is 9.97 Å². The SMILES string of the molecule is Cc1nc(SCC(=O)N[C@H](C)c2ccc(Cl)c(Cl)c2)c2ccccc2n1. The molecule has 3 rings (SSSR count). The normalized spacial score (nSPS) is 12.2. The first-order valence-electron chi connectivity index (χ1n) is 8.04. The number of amides is 1. The summed E-state index contributed by atoms with van der Waals surface area (Å²) in [6.07, 6.45) is 0. The average Bonchev–Trinajstić information content (AvgIpc) is 2.61. The average molecular weight is 406 g/mol. The summed E-state index contributed by atoms with van der Waals surface area (Å²) in [5.41, 5.74) is 1.79. The van der Waals surface area contributed by atoms with Gasteiger partial charge in [0, 0.05) is 5.39 Å². The molecular weight excluding hydrogens is 389 g/mol. The van der Waals surface area contributed by atoms with Gasteiger partial charge in [0.15, 0.2) is 0 Å². The summed E-state index contributed by atoms with van der Waals surface area (Å²) in [6.45, 7) is 3.76. The number of rotatable bonds is 5. The van der Waals surface area contributed by atoms with E-state index in [1.165, 1.54) is 11.8 Å². The van der Waals surface area contributed by atoms with E-state index in [9.17, 15) is 4.79 Å².